The van der Waals surface area contributed by atoms with Gasteiger partial charge in [-0.2, -0.15) is 4.31 Å². The molecule has 0 spiro atoms. The Morgan fingerprint density at radius 1 is 0.774 bits per heavy atom. The molecule has 13 heteroatoms. The van der Waals surface area contributed by atoms with Crippen LogP contribution >= 0.6 is 11.3 Å². The summed E-state index contributed by atoms with van der Waals surface area (Å²) in [4.78, 5) is 51.2. The van der Waals surface area contributed by atoms with Gasteiger partial charge < -0.3 is 20.8 Å². The quantitative estimate of drug-likeness (QED) is 0.113. The monoisotopic (exact) mass is 757 g/mol. The van der Waals surface area contributed by atoms with Crippen LogP contribution in [0.2, 0.25) is 0 Å². The van der Waals surface area contributed by atoms with Crippen molar-refractivity contribution in [3.05, 3.63) is 117 Å². The molecule has 6 rings (SSSR count). The summed E-state index contributed by atoms with van der Waals surface area (Å²) in [5.74, 6) is -2.99. The van der Waals surface area contributed by atoms with E-state index in [1.165, 1.54) is 15.6 Å². The van der Waals surface area contributed by atoms with Gasteiger partial charge in [-0.05, 0) is 123 Å². The number of carboxylic acid groups (broad SMARTS) is 2. The fraction of sp³-hybridized carbons (Fsp3) is 0.350. The van der Waals surface area contributed by atoms with Crippen molar-refractivity contribution in [2.24, 2.45) is 5.92 Å². The van der Waals surface area contributed by atoms with Crippen molar-refractivity contribution >= 4 is 55.8 Å². The van der Waals surface area contributed by atoms with Gasteiger partial charge in [-0.15, -0.1) is 11.3 Å². The number of aromatic carboxylic acids is 1. The number of hydrogen-bond donors (Lipinski definition) is 4. The number of aliphatic carboxylic acids is 1. The normalized spacial score (nSPS) is 17.2. The number of benzene rings is 3. The molecule has 11 nitrogen and oxygen atoms in total. The van der Waals surface area contributed by atoms with Gasteiger partial charge in [-0.1, -0.05) is 36.4 Å². The highest BCUT2D eigenvalue weighted by Crippen LogP contribution is 2.39. The Hall–Kier alpha value is -4.85. The Labute approximate surface area is 313 Å². The predicted octanol–water partition coefficient (Wildman–Crippen LogP) is 7.02. The predicted molar refractivity (Wildman–Crippen MR) is 204 cm³/mol. The van der Waals surface area contributed by atoms with Crippen molar-refractivity contribution in [1.82, 2.24) is 4.31 Å². The summed E-state index contributed by atoms with van der Waals surface area (Å²) >= 11 is 1.42. The summed E-state index contributed by atoms with van der Waals surface area (Å²) in [6, 6.07) is 20.9. The van der Waals surface area contributed by atoms with Crippen LogP contribution < -0.4 is 10.6 Å². The highest BCUT2D eigenvalue weighted by atomic mass is 32.2. The molecule has 4 aromatic rings. The number of thiophene rings is 1. The van der Waals surface area contributed by atoms with Crippen molar-refractivity contribution in [2.75, 3.05) is 16.9 Å². The van der Waals surface area contributed by atoms with Crippen LogP contribution in [0, 0.1) is 5.92 Å². The summed E-state index contributed by atoms with van der Waals surface area (Å²) in [6.45, 7) is 0.0575. The molecule has 2 amide bonds. The van der Waals surface area contributed by atoms with Gasteiger partial charge in [-0.25, -0.2) is 13.2 Å². The molecule has 53 heavy (non-hydrogen) atoms. The average Bonchev–Trinajstić information content (AvgIpc) is 3.51. The third-order valence-electron chi connectivity index (χ3n) is 10.1. The Morgan fingerprint density at radius 3 is 2.04 bits per heavy atom. The number of carboxylic acids is 2. The molecule has 1 saturated carbocycles. The maximum Gasteiger partial charge on any atom is 0.335 e. The van der Waals surface area contributed by atoms with Crippen LogP contribution in [0.1, 0.15) is 96.7 Å². The highest BCUT2D eigenvalue weighted by Gasteiger charge is 2.33. The molecular weight excluding hydrogens is 715 g/mol. The number of rotatable bonds is 13. The first kappa shape index (κ1) is 37.9. The summed E-state index contributed by atoms with van der Waals surface area (Å²) in [5.41, 5.74) is 5.35. The third-order valence-corrected chi connectivity index (χ3v) is 12.6. The van der Waals surface area contributed by atoms with Gasteiger partial charge in [0.2, 0.25) is 10.0 Å². The van der Waals surface area contributed by atoms with Crippen molar-refractivity contribution in [3.8, 4) is 0 Å². The molecule has 0 radical (unpaired) electrons. The number of sulfonamides is 1. The molecular formula is C40H43N3O8S2. The van der Waals surface area contributed by atoms with Gasteiger partial charge in [0.1, 0.15) is 5.00 Å². The van der Waals surface area contributed by atoms with Crippen molar-refractivity contribution in [3.63, 3.8) is 0 Å². The Bertz CT molecular complexity index is 2100. The van der Waals surface area contributed by atoms with Crippen molar-refractivity contribution < 1.29 is 37.8 Å². The number of nitrogens with zero attached hydrogens (tertiary/aromatic N) is 1. The minimum atomic E-state index is -3.62. The molecule has 0 atom stereocenters. The molecule has 0 aliphatic heterocycles. The number of nitrogens with one attached hydrogen (secondary N) is 2. The molecule has 4 N–H and O–H groups in total. The number of fused-ring (bicyclic) bond motifs is 1. The zero-order valence-electron chi connectivity index (χ0n) is 29.5. The van der Waals surface area contributed by atoms with Crippen LogP contribution in [0.25, 0.3) is 0 Å². The molecule has 3 aromatic carbocycles. The zero-order valence-corrected chi connectivity index (χ0v) is 31.1. The maximum absolute atomic E-state index is 13.8. The molecule has 1 aromatic heterocycles. The first-order chi connectivity index (χ1) is 25.4. The van der Waals surface area contributed by atoms with Crippen LogP contribution in [0.3, 0.4) is 0 Å². The summed E-state index contributed by atoms with van der Waals surface area (Å²) in [6.07, 6.45) is 7.88. The Morgan fingerprint density at radius 2 is 1.42 bits per heavy atom. The van der Waals surface area contributed by atoms with E-state index in [2.05, 4.69) is 10.6 Å². The van der Waals surface area contributed by atoms with Gasteiger partial charge in [0.05, 0.1) is 23.3 Å². The highest BCUT2D eigenvalue weighted by molar-refractivity contribution is 7.88. The number of carbonyl (C=O) groups excluding carboxylic acids is 2. The first-order valence-corrected chi connectivity index (χ1v) is 20.5. The average molecular weight is 758 g/mol. The molecule has 2 aliphatic rings. The fourth-order valence-corrected chi connectivity index (χ4v) is 9.66. The molecule has 278 valence electrons. The van der Waals surface area contributed by atoms with E-state index in [-0.39, 0.29) is 24.1 Å². The minimum absolute atomic E-state index is 0.0575. The smallest absolute Gasteiger partial charge is 0.335 e. The van der Waals surface area contributed by atoms with Gasteiger partial charge in [0.25, 0.3) is 11.8 Å². The first-order valence-electron chi connectivity index (χ1n) is 17.8. The number of carbonyl (C=O) groups is 4. The summed E-state index contributed by atoms with van der Waals surface area (Å²) in [5, 5.41) is 25.0. The molecule has 1 heterocycles. The molecule has 0 saturated heterocycles. The van der Waals surface area contributed by atoms with E-state index in [0.29, 0.717) is 53.1 Å². The molecule has 0 bridgehead atoms. The van der Waals surface area contributed by atoms with Gasteiger partial charge in [-0.3, -0.25) is 14.4 Å². The molecule has 1 fully saturated rings. The summed E-state index contributed by atoms with van der Waals surface area (Å²) in [7, 11) is -3.62. The Balaban J connectivity index is 1.13. The lowest BCUT2D eigenvalue weighted by Gasteiger charge is -2.34. The van der Waals surface area contributed by atoms with Crippen LogP contribution in [0.5, 0.6) is 0 Å². The van der Waals surface area contributed by atoms with Gasteiger partial charge >= 0.3 is 11.9 Å². The number of hydrogen-bond acceptors (Lipinski definition) is 7. The fourth-order valence-electron chi connectivity index (χ4n) is 7.24. The SMILES string of the molecule is CS(=O)(=O)N(Cc1cccc(C(=O)Nc2sc3c(c2C(=O)Nc2ccc(CCc4ccc(C(=O)O)cc4)cc2)CCCC3)c1)[C@H]1CC[C@H](C(=O)O)CC1. The molecule has 2 aliphatic carbocycles. The van der Waals surface area contributed by atoms with Crippen LogP contribution in [0.4, 0.5) is 10.7 Å². The van der Waals surface area contributed by atoms with E-state index in [9.17, 15) is 32.7 Å². The van der Waals surface area contributed by atoms with E-state index < -0.39 is 33.8 Å². The number of amides is 2. The second-order valence-corrected chi connectivity index (χ2v) is 16.9. The summed E-state index contributed by atoms with van der Waals surface area (Å²) < 4.78 is 27.1. The lowest BCUT2D eigenvalue weighted by molar-refractivity contribution is -0.143. The van der Waals surface area contributed by atoms with E-state index in [1.807, 2.05) is 36.4 Å². The van der Waals surface area contributed by atoms with Crippen molar-refractivity contribution in [1.29, 1.82) is 0 Å². The lowest BCUT2D eigenvalue weighted by atomic mass is 9.86. The van der Waals surface area contributed by atoms with E-state index >= 15 is 0 Å². The van der Waals surface area contributed by atoms with Crippen LogP contribution in [0.15, 0.2) is 72.8 Å². The van der Waals surface area contributed by atoms with Gasteiger partial charge in [0, 0.05) is 28.7 Å². The van der Waals surface area contributed by atoms with Crippen molar-refractivity contribution in [2.45, 2.75) is 76.8 Å². The maximum atomic E-state index is 13.8. The molecule has 0 unspecified atom stereocenters. The number of anilines is 2. The largest absolute Gasteiger partial charge is 0.481 e. The second kappa shape index (κ2) is 16.4. The van der Waals surface area contributed by atoms with E-state index in [4.69, 9.17) is 5.11 Å². The minimum Gasteiger partial charge on any atom is -0.481 e. The topological polar surface area (TPSA) is 170 Å². The zero-order chi connectivity index (χ0) is 37.7. The number of aryl methyl sites for hydroxylation is 3. The van der Waals surface area contributed by atoms with Crippen LogP contribution in [-0.2, 0) is 47.0 Å². The third kappa shape index (κ3) is 9.39. The van der Waals surface area contributed by atoms with E-state index in [0.717, 1.165) is 66.3 Å². The van der Waals surface area contributed by atoms with Crippen LogP contribution in [-0.4, -0.2) is 59.0 Å². The Kier molecular flexibility index (Phi) is 11.8. The standard InChI is InChI=1S/C40H43N3O8S2/c1-53(50,51)43(32-21-17-29(18-22-32)40(48)49)24-27-5-4-6-30(23-27)36(44)42-38-35(33-7-2-3-8-34(33)52-38)37(45)41-31-19-13-26(14-20-31)10-9-25-11-15-28(16-12-25)39(46)47/h4-6,11-16,19-20,23,29,32H,2-3,7-10,17-18,21-22,24H2,1H3,(H,41,45)(H,42,44)(H,46,47)(H,48,49)/t29-,32-. The van der Waals surface area contributed by atoms with Gasteiger partial charge in [0.15, 0.2) is 0 Å². The lowest BCUT2D eigenvalue weighted by Crippen LogP contribution is -2.42. The van der Waals surface area contributed by atoms with E-state index in [1.54, 1.807) is 36.4 Å². The second-order valence-electron chi connectivity index (χ2n) is 13.9.